The number of methoxy groups -OCH3 is 1. The molecule has 0 aromatic heterocycles. The molecule has 0 bridgehead atoms. The third-order valence-corrected chi connectivity index (χ3v) is 5.59. The minimum atomic E-state index is -3.74. The molecule has 0 saturated heterocycles. The van der Waals surface area contributed by atoms with Crippen molar-refractivity contribution in [3.63, 3.8) is 0 Å². The zero-order valence-electron chi connectivity index (χ0n) is 14.3. The Morgan fingerprint density at radius 3 is 2.38 bits per heavy atom. The second-order valence-corrected chi connectivity index (χ2v) is 7.40. The molecule has 0 aliphatic rings. The molecule has 4 nitrogen and oxygen atoms in total. The standard InChI is InChI=1S/C18H22FNO3S/c1-5-16(14-6-8-17(23-4)12(2)10-14)20-24(21,22)18-9-7-15(19)11-13(18)3/h6-11,16,20H,5H2,1-4H3/t16-/m0/s1. The quantitative estimate of drug-likeness (QED) is 0.859. The van der Waals surface area contributed by atoms with E-state index in [2.05, 4.69) is 4.72 Å². The first-order valence-electron chi connectivity index (χ1n) is 7.71. The molecular weight excluding hydrogens is 329 g/mol. The molecule has 1 atom stereocenters. The van der Waals surface area contributed by atoms with Crippen molar-refractivity contribution in [1.82, 2.24) is 4.72 Å². The lowest BCUT2D eigenvalue weighted by Gasteiger charge is -2.19. The zero-order valence-corrected chi connectivity index (χ0v) is 15.1. The molecular formula is C18H22FNO3S. The van der Waals surface area contributed by atoms with Crippen molar-refractivity contribution < 1.29 is 17.5 Å². The first kappa shape index (κ1) is 18.4. The number of aryl methyl sites for hydroxylation is 2. The third-order valence-electron chi connectivity index (χ3n) is 3.95. The number of rotatable bonds is 6. The lowest BCUT2D eigenvalue weighted by atomic mass is 10.0. The Morgan fingerprint density at radius 2 is 1.83 bits per heavy atom. The van der Waals surface area contributed by atoms with Crippen LogP contribution in [0.15, 0.2) is 41.3 Å². The predicted molar refractivity (Wildman–Crippen MR) is 92.2 cm³/mol. The summed E-state index contributed by atoms with van der Waals surface area (Å²) in [7, 11) is -2.15. The number of ether oxygens (including phenoxy) is 1. The minimum Gasteiger partial charge on any atom is -0.496 e. The van der Waals surface area contributed by atoms with E-state index in [0.29, 0.717) is 12.0 Å². The highest BCUT2D eigenvalue weighted by Crippen LogP contribution is 2.26. The van der Waals surface area contributed by atoms with Crippen LogP contribution in [0.25, 0.3) is 0 Å². The predicted octanol–water partition coefficient (Wildman–Crippen LogP) is 3.88. The maximum atomic E-state index is 13.2. The molecule has 0 spiro atoms. The van der Waals surface area contributed by atoms with Crippen LogP contribution in [-0.4, -0.2) is 15.5 Å². The summed E-state index contributed by atoms with van der Waals surface area (Å²) < 4.78 is 46.5. The van der Waals surface area contributed by atoms with E-state index < -0.39 is 15.8 Å². The molecule has 130 valence electrons. The summed E-state index contributed by atoms with van der Waals surface area (Å²) in [6.45, 7) is 5.40. The van der Waals surface area contributed by atoms with Gasteiger partial charge >= 0.3 is 0 Å². The van der Waals surface area contributed by atoms with Gasteiger partial charge in [-0.05, 0) is 61.2 Å². The first-order valence-corrected chi connectivity index (χ1v) is 9.19. The number of hydrogen-bond acceptors (Lipinski definition) is 3. The number of benzene rings is 2. The van der Waals surface area contributed by atoms with E-state index in [4.69, 9.17) is 4.74 Å². The molecule has 0 radical (unpaired) electrons. The molecule has 0 fully saturated rings. The number of hydrogen-bond donors (Lipinski definition) is 1. The maximum absolute atomic E-state index is 13.2. The fourth-order valence-electron chi connectivity index (χ4n) is 2.67. The fourth-order valence-corrected chi connectivity index (χ4v) is 4.20. The van der Waals surface area contributed by atoms with Gasteiger partial charge in [-0.25, -0.2) is 17.5 Å². The summed E-state index contributed by atoms with van der Waals surface area (Å²) in [5.41, 5.74) is 2.17. The number of nitrogens with one attached hydrogen (secondary N) is 1. The van der Waals surface area contributed by atoms with Crippen LogP contribution in [0.2, 0.25) is 0 Å². The second-order valence-electron chi connectivity index (χ2n) is 5.72. The van der Waals surface area contributed by atoms with Crippen LogP contribution in [0, 0.1) is 19.7 Å². The van der Waals surface area contributed by atoms with Gasteiger partial charge in [0.05, 0.1) is 12.0 Å². The average molecular weight is 351 g/mol. The van der Waals surface area contributed by atoms with Gasteiger partial charge in [-0.1, -0.05) is 19.1 Å². The summed E-state index contributed by atoms with van der Waals surface area (Å²) >= 11 is 0. The van der Waals surface area contributed by atoms with Crippen molar-refractivity contribution in [3.05, 3.63) is 58.9 Å². The van der Waals surface area contributed by atoms with Gasteiger partial charge in [0.25, 0.3) is 0 Å². The Kier molecular flexibility index (Phi) is 5.62. The molecule has 24 heavy (non-hydrogen) atoms. The average Bonchev–Trinajstić information content (AvgIpc) is 2.52. The summed E-state index contributed by atoms with van der Waals surface area (Å²) in [5.74, 6) is 0.301. The normalized spacial score (nSPS) is 12.9. The lowest BCUT2D eigenvalue weighted by molar-refractivity contribution is 0.411. The van der Waals surface area contributed by atoms with Gasteiger partial charge in [0.1, 0.15) is 11.6 Å². The van der Waals surface area contributed by atoms with Crippen molar-refractivity contribution >= 4 is 10.0 Å². The van der Waals surface area contributed by atoms with Crippen molar-refractivity contribution in [3.8, 4) is 5.75 Å². The van der Waals surface area contributed by atoms with E-state index in [1.165, 1.54) is 12.1 Å². The van der Waals surface area contributed by atoms with Crippen LogP contribution >= 0.6 is 0 Å². The molecule has 0 aliphatic carbocycles. The van der Waals surface area contributed by atoms with Gasteiger partial charge in [0.15, 0.2) is 0 Å². The summed E-state index contributed by atoms with van der Waals surface area (Å²) in [6, 6.07) is 8.87. The highest BCUT2D eigenvalue weighted by atomic mass is 32.2. The molecule has 0 amide bonds. The van der Waals surface area contributed by atoms with Gasteiger partial charge < -0.3 is 4.74 Å². The van der Waals surface area contributed by atoms with Crippen LogP contribution in [0.4, 0.5) is 4.39 Å². The summed E-state index contributed by atoms with van der Waals surface area (Å²) in [4.78, 5) is 0.0904. The van der Waals surface area contributed by atoms with E-state index in [-0.39, 0.29) is 10.9 Å². The van der Waals surface area contributed by atoms with Gasteiger partial charge in [0.2, 0.25) is 10.0 Å². The smallest absolute Gasteiger partial charge is 0.241 e. The van der Waals surface area contributed by atoms with Crippen LogP contribution < -0.4 is 9.46 Å². The van der Waals surface area contributed by atoms with Crippen LogP contribution in [0.5, 0.6) is 5.75 Å². The van der Waals surface area contributed by atoms with E-state index >= 15 is 0 Å². The molecule has 6 heteroatoms. The van der Waals surface area contributed by atoms with Crippen molar-refractivity contribution in [2.75, 3.05) is 7.11 Å². The summed E-state index contributed by atoms with van der Waals surface area (Å²) in [6.07, 6.45) is 0.589. The summed E-state index contributed by atoms with van der Waals surface area (Å²) in [5, 5.41) is 0. The van der Waals surface area contributed by atoms with Crippen LogP contribution in [0.3, 0.4) is 0 Å². The Labute approximate surface area is 142 Å². The molecule has 2 rings (SSSR count). The van der Waals surface area contributed by atoms with E-state index in [0.717, 1.165) is 22.9 Å². The van der Waals surface area contributed by atoms with Crippen LogP contribution in [-0.2, 0) is 10.0 Å². The molecule has 0 unspecified atom stereocenters. The largest absolute Gasteiger partial charge is 0.496 e. The first-order chi connectivity index (χ1) is 11.3. The highest BCUT2D eigenvalue weighted by molar-refractivity contribution is 7.89. The Hall–Kier alpha value is -1.92. The Morgan fingerprint density at radius 1 is 1.12 bits per heavy atom. The molecule has 2 aromatic carbocycles. The SMILES string of the molecule is CC[C@H](NS(=O)(=O)c1ccc(F)cc1C)c1ccc(OC)c(C)c1. The minimum absolute atomic E-state index is 0.0904. The topological polar surface area (TPSA) is 55.4 Å². The Balaban J connectivity index is 2.33. The van der Waals surface area contributed by atoms with E-state index in [1.54, 1.807) is 14.0 Å². The maximum Gasteiger partial charge on any atom is 0.241 e. The molecule has 0 aliphatic heterocycles. The third kappa shape index (κ3) is 3.94. The van der Waals surface area contributed by atoms with Crippen molar-refractivity contribution in [2.45, 2.75) is 38.1 Å². The monoisotopic (exact) mass is 351 g/mol. The lowest BCUT2D eigenvalue weighted by Crippen LogP contribution is -2.29. The van der Waals surface area contributed by atoms with Crippen LogP contribution in [0.1, 0.15) is 36.1 Å². The second kappa shape index (κ2) is 7.32. The molecule has 2 aromatic rings. The Bertz CT molecular complexity index is 834. The fraction of sp³-hybridized carbons (Fsp3) is 0.333. The molecule has 1 N–H and O–H groups in total. The van der Waals surface area contributed by atoms with Gasteiger partial charge in [-0.2, -0.15) is 0 Å². The van der Waals surface area contributed by atoms with Crippen molar-refractivity contribution in [1.29, 1.82) is 0 Å². The van der Waals surface area contributed by atoms with Gasteiger partial charge in [-0.3, -0.25) is 0 Å². The van der Waals surface area contributed by atoms with Gasteiger partial charge in [-0.15, -0.1) is 0 Å². The highest BCUT2D eigenvalue weighted by Gasteiger charge is 2.22. The zero-order chi connectivity index (χ0) is 17.9. The number of sulfonamides is 1. The molecule has 0 heterocycles. The van der Waals surface area contributed by atoms with Crippen molar-refractivity contribution in [2.24, 2.45) is 0 Å². The number of halogens is 1. The molecule has 0 saturated carbocycles. The van der Waals surface area contributed by atoms with E-state index in [9.17, 15) is 12.8 Å². The van der Waals surface area contributed by atoms with E-state index in [1.807, 2.05) is 32.0 Å². The van der Waals surface area contributed by atoms with Gasteiger partial charge in [0, 0.05) is 6.04 Å².